The van der Waals surface area contributed by atoms with Gasteiger partial charge < -0.3 is 10.2 Å². The highest BCUT2D eigenvalue weighted by molar-refractivity contribution is 5.74. The van der Waals surface area contributed by atoms with E-state index >= 15 is 0 Å². The molecule has 1 aliphatic rings. The van der Waals surface area contributed by atoms with Gasteiger partial charge in [0.15, 0.2) is 0 Å². The second-order valence-electron chi connectivity index (χ2n) is 3.68. The van der Waals surface area contributed by atoms with Crippen molar-refractivity contribution in [2.75, 3.05) is 19.6 Å². The van der Waals surface area contributed by atoms with Gasteiger partial charge in [0.1, 0.15) is 0 Å². The van der Waals surface area contributed by atoms with Gasteiger partial charge in [-0.05, 0) is 24.5 Å². The van der Waals surface area contributed by atoms with Crippen LogP contribution in [0.25, 0.3) is 0 Å². The van der Waals surface area contributed by atoms with E-state index in [0.717, 1.165) is 32.5 Å². The maximum absolute atomic E-state index is 11.4. The number of nitrogens with one attached hydrogen (secondary N) is 1. The first-order valence-electron chi connectivity index (χ1n) is 5.28. The molecule has 1 aromatic rings. The number of nitrogens with zero attached hydrogens (tertiary/aromatic N) is 2. The predicted molar refractivity (Wildman–Crippen MR) is 57.5 cm³/mol. The molecule has 15 heavy (non-hydrogen) atoms. The van der Waals surface area contributed by atoms with Crippen molar-refractivity contribution in [3.8, 4) is 0 Å². The summed E-state index contributed by atoms with van der Waals surface area (Å²) in [5.41, 5.74) is 1.18. The fourth-order valence-corrected chi connectivity index (χ4v) is 1.70. The Morgan fingerprint density at radius 1 is 1.53 bits per heavy atom. The van der Waals surface area contributed by atoms with E-state index in [1.165, 1.54) is 5.56 Å². The van der Waals surface area contributed by atoms with E-state index in [0.29, 0.717) is 0 Å². The first kappa shape index (κ1) is 9.96. The zero-order valence-corrected chi connectivity index (χ0v) is 8.65. The van der Waals surface area contributed by atoms with Crippen LogP contribution in [-0.4, -0.2) is 35.5 Å². The Morgan fingerprint density at radius 2 is 2.47 bits per heavy atom. The number of urea groups is 1. The van der Waals surface area contributed by atoms with Crippen molar-refractivity contribution < 1.29 is 4.79 Å². The SMILES string of the molecule is O=C1NCCCN1CCc1cccnc1. The summed E-state index contributed by atoms with van der Waals surface area (Å²) in [6, 6.07) is 4.02. The number of aromatic nitrogens is 1. The molecular formula is C11H15N3O. The van der Waals surface area contributed by atoms with Crippen LogP contribution in [0.1, 0.15) is 12.0 Å². The molecule has 2 heterocycles. The summed E-state index contributed by atoms with van der Waals surface area (Å²) < 4.78 is 0. The second-order valence-corrected chi connectivity index (χ2v) is 3.68. The number of hydrogen-bond acceptors (Lipinski definition) is 2. The Morgan fingerprint density at radius 3 is 3.20 bits per heavy atom. The van der Waals surface area contributed by atoms with E-state index in [2.05, 4.69) is 10.3 Å². The monoisotopic (exact) mass is 205 g/mol. The van der Waals surface area contributed by atoms with Gasteiger partial charge >= 0.3 is 6.03 Å². The number of carbonyl (C=O) groups is 1. The molecule has 0 bridgehead atoms. The third kappa shape index (κ3) is 2.68. The highest BCUT2D eigenvalue weighted by atomic mass is 16.2. The van der Waals surface area contributed by atoms with Crippen molar-refractivity contribution in [2.45, 2.75) is 12.8 Å². The molecule has 80 valence electrons. The molecule has 0 spiro atoms. The van der Waals surface area contributed by atoms with Gasteiger partial charge in [0.25, 0.3) is 0 Å². The van der Waals surface area contributed by atoms with Crippen LogP contribution in [0.4, 0.5) is 4.79 Å². The highest BCUT2D eigenvalue weighted by Gasteiger charge is 2.16. The van der Waals surface area contributed by atoms with Crippen LogP contribution in [-0.2, 0) is 6.42 Å². The molecule has 1 saturated heterocycles. The third-order valence-corrected chi connectivity index (χ3v) is 2.56. The molecule has 0 radical (unpaired) electrons. The molecule has 1 aliphatic heterocycles. The maximum atomic E-state index is 11.4. The van der Waals surface area contributed by atoms with E-state index in [1.54, 1.807) is 6.20 Å². The molecular weight excluding hydrogens is 190 g/mol. The van der Waals surface area contributed by atoms with Crippen LogP contribution in [0.15, 0.2) is 24.5 Å². The molecule has 2 amide bonds. The average Bonchev–Trinajstić information content (AvgIpc) is 2.29. The van der Waals surface area contributed by atoms with E-state index < -0.39 is 0 Å². The minimum atomic E-state index is 0.0603. The number of pyridine rings is 1. The topological polar surface area (TPSA) is 45.2 Å². The molecule has 0 atom stereocenters. The van der Waals surface area contributed by atoms with Gasteiger partial charge in [0.2, 0.25) is 0 Å². The van der Waals surface area contributed by atoms with Crippen LogP contribution in [0.3, 0.4) is 0 Å². The van der Waals surface area contributed by atoms with Gasteiger partial charge in [-0.1, -0.05) is 6.07 Å². The Hall–Kier alpha value is -1.58. The van der Waals surface area contributed by atoms with Crippen LogP contribution in [0, 0.1) is 0 Å². The average molecular weight is 205 g/mol. The quantitative estimate of drug-likeness (QED) is 0.801. The summed E-state index contributed by atoms with van der Waals surface area (Å²) in [7, 11) is 0. The smallest absolute Gasteiger partial charge is 0.317 e. The van der Waals surface area contributed by atoms with Gasteiger partial charge in [-0.15, -0.1) is 0 Å². The molecule has 4 nitrogen and oxygen atoms in total. The highest BCUT2D eigenvalue weighted by Crippen LogP contribution is 2.03. The minimum Gasteiger partial charge on any atom is -0.338 e. The van der Waals surface area contributed by atoms with Crippen molar-refractivity contribution >= 4 is 6.03 Å². The van der Waals surface area contributed by atoms with Crippen LogP contribution < -0.4 is 5.32 Å². The minimum absolute atomic E-state index is 0.0603. The van der Waals surface area contributed by atoms with Gasteiger partial charge in [-0.2, -0.15) is 0 Å². The van der Waals surface area contributed by atoms with Crippen molar-refractivity contribution in [1.82, 2.24) is 15.2 Å². The lowest BCUT2D eigenvalue weighted by Gasteiger charge is -2.27. The van der Waals surface area contributed by atoms with Crippen molar-refractivity contribution in [3.05, 3.63) is 30.1 Å². The van der Waals surface area contributed by atoms with Crippen LogP contribution in [0.5, 0.6) is 0 Å². The lowest BCUT2D eigenvalue weighted by Crippen LogP contribution is -2.47. The number of hydrogen-bond donors (Lipinski definition) is 1. The Kier molecular flexibility index (Phi) is 3.17. The molecule has 0 aliphatic carbocycles. The fraction of sp³-hybridized carbons (Fsp3) is 0.455. The van der Waals surface area contributed by atoms with Crippen molar-refractivity contribution in [1.29, 1.82) is 0 Å². The maximum Gasteiger partial charge on any atom is 0.317 e. The summed E-state index contributed by atoms with van der Waals surface area (Å²) in [5.74, 6) is 0. The van der Waals surface area contributed by atoms with Crippen molar-refractivity contribution in [2.24, 2.45) is 0 Å². The number of amides is 2. The number of rotatable bonds is 3. The molecule has 1 N–H and O–H groups in total. The Bertz CT molecular complexity index is 326. The largest absolute Gasteiger partial charge is 0.338 e. The first-order valence-corrected chi connectivity index (χ1v) is 5.28. The summed E-state index contributed by atoms with van der Waals surface area (Å²) in [6.45, 7) is 2.45. The lowest BCUT2D eigenvalue weighted by atomic mass is 10.2. The Labute approximate surface area is 89.3 Å². The molecule has 2 rings (SSSR count). The summed E-state index contributed by atoms with van der Waals surface area (Å²) >= 11 is 0. The van der Waals surface area contributed by atoms with Crippen LogP contribution in [0.2, 0.25) is 0 Å². The normalized spacial score (nSPS) is 16.3. The first-order chi connectivity index (χ1) is 7.36. The number of carbonyl (C=O) groups excluding carboxylic acids is 1. The van der Waals surface area contributed by atoms with E-state index in [-0.39, 0.29) is 6.03 Å². The molecule has 0 saturated carbocycles. The van der Waals surface area contributed by atoms with E-state index in [9.17, 15) is 4.79 Å². The summed E-state index contributed by atoms with van der Waals surface area (Å²) in [5, 5.41) is 2.84. The van der Waals surface area contributed by atoms with E-state index in [4.69, 9.17) is 0 Å². The molecule has 1 aromatic heterocycles. The molecule has 1 fully saturated rings. The van der Waals surface area contributed by atoms with Gasteiger partial charge in [-0.25, -0.2) is 4.79 Å². The van der Waals surface area contributed by atoms with Crippen LogP contribution >= 0.6 is 0 Å². The van der Waals surface area contributed by atoms with Gasteiger partial charge in [0.05, 0.1) is 0 Å². The predicted octanol–water partition coefficient (Wildman–Crippen LogP) is 1.04. The van der Waals surface area contributed by atoms with E-state index in [1.807, 2.05) is 23.2 Å². The third-order valence-electron chi connectivity index (χ3n) is 2.56. The summed E-state index contributed by atoms with van der Waals surface area (Å²) in [4.78, 5) is 17.3. The van der Waals surface area contributed by atoms with Crippen molar-refractivity contribution in [3.63, 3.8) is 0 Å². The Balaban J connectivity index is 1.85. The fourth-order valence-electron chi connectivity index (χ4n) is 1.70. The van der Waals surface area contributed by atoms with Gasteiger partial charge in [-0.3, -0.25) is 4.98 Å². The van der Waals surface area contributed by atoms with Gasteiger partial charge in [0, 0.05) is 32.0 Å². The molecule has 0 aromatic carbocycles. The molecule has 0 unspecified atom stereocenters. The second kappa shape index (κ2) is 4.77. The zero-order chi connectivity index (χ0) is 10.5. The summed E-state index contributed by atoms with van der Waals surface area (Å²) in [6.07, 6.45) is 5.53. The zero-order valence-electron chi connectivity index (χ0n) is 8.65. The molecule has 4 heteroatoms. The standard InChI is InChI=1S/C11H15N3O/c15-11-13-6-2-7-14(11)8-4-10-3-1-5-12-9-10/h1,3,5,9H,2,4,6-8H2,(H,13,15). The lowest BCUT2D eigenvalue weighted by molar-refractivity contribution is 0.187.